The minimum absolute atomic E-state index is 0.106. The number of hydrogen-bond donors (Lipinski definition) is 2. The van der Waals surface area contributed by atoms with Crippen LogP contribution >= 0.6 is 0 Å². The maximum Gasteiger partial charge on any atom is 0.410 e. The number of piperidine rings is 1. The van der Waals surface area contributed by atoms with Crippen LogP contribution in [-0.4, -0.2) is 51.0 Å². The van der Waals surface area contributed by atoms with E-state index in [0.29, 0.717) is 12.8 Å². The van der Waals surface area contributed by atoms with Crippen molar-refractivity contribution in [1.82, 2.24) is 4.90 Å². The van der Waals surface area contributed by atoms with Crippen molar-refractivity contribution in [3.05, 3.63) is 0 Å². The average molecular weight is 271 g/mol. The molecule has 2 N–H and O–H groups in total. The van der Waals surface area contributed by atoms with Gasteiger partial charge in [-0.1, -0.05) is 0 Å². The van der Waals surface area contributed by atoms with Crippen molar-refractivity contribution in [2.24, 2.45) is 5.92 Å². The largest absolute Gasteiger partial charge is 0.481 e. The number of carbonyl (C=O) groups excluding carboxylic acids is 1. The summed E-state index contributed by atoms with van der Waals surface area (Å²) in [4.78, 5) is 25.0. The van der Waals surface area contributed by atoms with E-state index in [0.717, 1.165) is 6.42 Å². The molecule has 6 heteroatoms. The van der Waals surface area contributed by atoms with Crippen molar-refractivity contribution in [2.75, 3.05) is 0 Å². The SMILES string of the molecule is CC(C)(C)OC(=O)N1[C@@H]2CC[C@@H]1[C@H](C(=O)O)[C@H](O)C2. The third kappa shape index (κ3) is 2.68. The zero-order chi connectivity index (χ0) is 14.4. The maximum absolute atomic E-state index is 12.2. The van der Waals surface area contributed by atoms with Gasteiger partial charge in [-0.25, -0.2) is 4.79 Å². The van der Waals surface area contributed by atoms with Gasteiger partial charge in [0.25, 0.3) is 0 Å². The fraction of sp³-hybridized carbons (Fsp3) is 0.846. The van der Waals surface area contributed by atoms with Crippen molar-refractivity contribution < 1.29 is 24.5 Å². The first kappa shape index (κ1) is 14.1. The van der Waals surface area contributed by atoms with Crippen molar-refractivity contribution in [1.29, 1.82) is 0 Å². The fourth-order valence-corrected chi connectivity index (χ4v) is 3.11. The van der Waals surface area contributed by atoms with Crippen LogP contribution in [0, 0.1) is 5.92 Å². The molecule has 2 heterocycles. The molecule has 0 spiro atoms. The van der Waals surface area contributed by atoms with E-state index in [-0.39, 0.29) is 6.04 Å². The molecule has 0 aromatic carbocycles. The van der Waals surface area contributed by atoms with Crippen molar-refractivity contribution in [3.63, 3.8) is 0 Å². The Kier molecular flexibility index (Phi) is 3.47. The summed E-state index contributed by atoms with van der Waals surface area (Å²) in [5, 5.41) is 19.1. The minimum Gasteiger partial charge on any atom is -0.481 e. The quantitative estimate of drug-likeness (QED) is 0.748. The highest BCUT2D eigenvalue weighted by molar-refractivity contribution is 5.75. The number of carboxylic acid groups (broad SMARTS) is 1. The summed E-state index contributed by atoms with van der Waals surface area (Å²) >= 11 is 0. The van der Waals surface area contributed by atoms with Gasteiger partial charge in [0.1, 0.15) is 11.5 Å². The molecule has 0 radical (unpaired) electrons. The van der Waals surface area contributed by atoms with Gasteiger partial charge in [-0.05, 0) is 40.0 Å². The maximum atomic E-state index is 12.2. The zero-order valence-corrected chi connectivity index (χ0v) is 11.5. The van der Waals surface area contributed by atoms with Gasteiger partial charge in [-0.2, -0.15) is 0 Å². The summed E-state index contributed by atoms with van der Waals surface area (Å²) in [6.07, 6.45) is 0.293. The van der Waals surface area contributed by atoms with Crippen molar-refractivity contribution >= 4 is 12.1 Å². The Bertz CT molecular complexity index is 389. The molecule has 6 nitrogen and oxygen atoms in total. The number of ether oxygens (including phenoxy) is 1. The van der Waals surface area contributed by atoms with E-state index in [2.05, 4.69) is 0 Å². The Hall–Kier alpha value is -1.30. The highest BCUT2D eigenvalue weighted by Crippen LogP contribution is 2.40. The van der Waals surface area contributed by atoms with Gasteiger partial charge in [0.2, 0.25) is 0 Å². The number of carboxylic acids is 1. The number of amides is 1. The smallest absolute Gasteiger partial charge is 0.410 e. The van der Waals surface area contributed by atoms with E-state index < -0.39 is 35.7 Å². The summed E-state index contributed by atoms with van der Waals surface area (Å²) in [7, 11) is 0. The van der Waals surface area contributed by atoms with Gasteiger partial charge in [-0.3, -0.25) is 4.79 Å². The van der Waals surface area contributed by atoms with Crippen LogP contribution in [0.2, 0.25) is 0 Å². The van der Waals surface area contributed by atoms with E-state index in [1.54, 1.807) is 20.8 Å². The van der Waals surface area contributed by atoms with E-state index >= 15 is 0 Å². The molecule has 2 aliphatic rings. The molecule has 0 aliphatic carbocycles. The number of fused-ring (bicyclic) bond motifs is 2. The Labute approximate surface area is 112 Å². The number of carbonyl (C=O) groups is 2. The molecule has 0 unspecified atom stereocenters. The lowest BCUT2D eigenvalue weighted by molar-refractivity contribution is -0.151. The van der Waals surface area contributed by atoms with Gasteiger partial charge in [0.05, 0.1) is 12.1 Å². The predicted octanol–water partition coefficient (Wildman–Crippen LogP) is 1.22. The van der Waals surface area contributed by atoms with Crippen LogP contribution in [0.5, 0.6) is 0 Å². The normalized spacial score (nSPS) is 34.2. The number of nitrogens with zero attached hydrogens (tertiary/aromatic N) is 1. The molecule has 19 heavy (non-hydrogen) atoms. The Morgan fingerprint density at radius 2 is 1.89 bits per heavy atom. The molecule has 0 aromatic heterocycles. The molecule has 2 fully saturated rings. The van der Waals surface area contributed by atoms with Gasteiger partial charge in [0, 0.05) is 6.04 Å². The van der Waals surface area contributed by atoms with E-state index in [1.165, 1.54) is 4.90 Å². The summed E-state index contributed by atoms with van der Waals surface area (Å²) in [5.74, 6) is -1.96. The Morgan fingerprint density at radius 1 is 1.26 bits per heavy atom. The number of hydrogen-bond acceptors (Lipinski definition) is 4. The first-order valence-corrected chi connectivity index (χ1v) is 6.63. The fourth-order valence-electron chi connectivity index (χ4n) is 3.11. The second kappa shape index (κ2) is 4.67. The lowest BCUT2D eigenvalue weighted by atomic mass is 9.88. The highest BCUT2D eigenvalue weighted by Gasteiger charge is 2.52. The van der Waals surface area contributed by atoms with Crippen LogP contribution in [0.25, 0.3) is 0 Å². The van der Waals surface area contributed by atoms with Gasteiger partial charge in [0.15, 0.2) is 0 Å². The minimum atomic E-state index is -1.05. The molecule has 2 saturated heterocycles. The Morgan fingerprint density at radius 3 is 2.42 bits per heavy atom. The van der Waals surface area contributed by atoms with Crippen LogP contribution in [-0.2, 0) is 9.53 Å². The van der Waals surface area contributed by atoms with Crippen LogP contribution in [0.3, 0.4) is 0 Å². The lowest BCUT2D eigenvalue weighted by Gasteiger charge is -2.41. The molecular formula is C13H21NO5. The first-order chi connectivity index (χ1) is 8.70. The average Bonchev–Trinajstić information content (AvgIpc) is 2.51. The van der Waals surface area contributed by atoms with Gasteiger partial charge in [-0.15, -0.1) is 0 Å². The van der Waals surface area contributed by atoms with Gasteiger partial charge >= 0.3 is 12.1 Å². The number of rotatable bonds is 1. The van der Waals surface area contributed by atoms with Crippen LogP contribution in [0.1, 0.15) is 40.0 Å². The second-order valence-electron chi connectivity index (χ2n) is 6.35. The molecule has 1 amide bonds. The topological polar surface area (TPSA) is 87.1 Å². The van der Waals surface area contributed by atoms with Crippen LogP contribution in [0.15, 0.2) is 0 Å². The predicted molar refractivity (Wildman–Crippen MR) is 66.6 cm³/mol. The molecule has 108 valence electrons. The second-order valence-corrected chi connectivity index (χ2v) is 6.35. The third-order valence-electron chi connectivity index (χ3n) is 3.78. The van der Waals surface area contributed by atoms with E-state index in [9.17, 15) is 19.8 Å². The summed E-state index contributed by atoms with van der Waals surface area (Å²) < 4.78 is 5.33. The van der Waals surface area contributed by atoms with Crippen molar-refractivity contribution in [3.8, 4) is 0 Å². The summed E-state index contributed by atoms with van der Waals surface area (Å²) in [6, 6.07) is -0.563. The molecule has 4 atom stereocenters. The van der Waals surface area contributed by atoms with E-state index in [4.69, 9.17) is 4.74 Å². The molecule has 2 aliphatic heterocycles. The van der Waals surface area contributed by atoms with Crippen LogP contribution in [0.4, 0.5) is 4.79 Å². The van der Waals surface area contributed by atoms with Crippen LogP contribution < -0.4 is 0 Å². The molecule has 2 rings (SSSR count). The zero-order valence-electron chi connectivity index (χ0n) is 11.5. The highest BCUT2D eigenvalue weighted by atomic mass is 16.6. The number of aliphatic hydroxyl groups excluding tert-OH is 1. The monoisotopic (exact) mass is 271 g/mol. The Balaban J connectivity index is 2.18. The molecular weight excluding hydrogens is 250 g/mol. The van der Waals surface area contributed by atoms with Crippen molar-refractivity contribution in [2.45, 2.75) is 63.8 Å². The molecule has 2 bridgehead atoms. The summed E-state index contributed by atoms with van der Waals surface area (Å²) in [5.41, 5.74) is -0.606. The summed E-state index contributed by atoms with van der Waals surface area (Å²) in [6.45, 7) is 5.33. The third-order valence-corrected chi connectivity index (χ3v) is 3.78. The molecule has 0 saturated carbocycles. The van der Waals surface area contributed by atoms with E-state index in [1.807, 2.05) is 0 Å². The number of aliphatic hydroxyl groups is 1. The lowest BCUT2D eigenvalue weighted by Crippen LogP contribution is -2.56. The van der Waals surface area contributed by atoms with Gasteiger partial charge < -0.3 is 19.8 Å². The standard InChI is InChI=1S/C13H21NO5/c1-13(2,3)19-12(18)14-7-4-5-8(14)10(11(16)17)9(15)6-7/h7-10,15H,4-6H2,1-3H3,(H,16,17)/t7-,8-,9-,10+/m1/s1. The number of aliphatic carboxylic acids is 1. The molecule has 0 aromatic rings. The first-order valence-electron chi connectivity index (χ1n) is 6.63.